The predicted octanol–water partition coefficient (Wildman–Crippen LogP) is 5.42. The molecule has 0 atom stereocenters. The molecule has 1 aliphatic heterocycles. The van der Waals surface area contributed by atoms with Crippen molar-refractivity contribution in [2.75, 3.05) is 7.11 Å². The van der Waals surface area contributed by atoms with Crippen LogP contribution in [0.3, 0.4) is 0 Å². The molecule has 1 saturated carbocycles. The largest absolute Gasteiger partial charge is 0.508 e. The number of allylic oxidation sites excluding steroid dienone is 1. The third-order valence-corrected chi connectivity index (χ3v) is 5.69. The van der Waals surface area contributed by atoms with Crippen LogP contribution in [0.5, 0.6) is 17.2 Å². The van der Waals surface area contributed by atoms with Crippen molar-refractivity contribution < 1.29 is 19.4 Å². The third-order valence-electron chi connectivity index (χ3n) is 4.38. The summed E-state index contributed by atoms with van der Waals surface area (Å²) >= 11 is 6.85. The van der Waals surface area contributed by atoms with Gasteiger partial charge in [0, 0.05) is 0 Å². The second-order valence-electron chi connectivity index (χ2n) is 6.11. The van der Waals surface area contributed by atoms with Crippen molar-refractivity contribution in [1.29, 1.82) is 0 Å². The number of phenolic OH excluding ortho intramolecular Hbond substituents is 1. The molecule has 2 aromatic carbocycles. The second kappa shape index (κ2) is 6.18. The lowest BCUT2D eigenvalue weighted by Crippen LogP contribution is -1.98. The average molecular weight is 466 g/mol. The molecule has 0 bridgehead atoms. The minimum absolute atomic E-state index is 0.180. The number of carbonyl (C=O) groups is 1. The standard InChI is InChI=1S/C19H14Br2O4/c1-24-19-13(20)8-12-17(23)15(25-18(12)16(19)21)7-9-2-5-14(22)11(6-9)10-3-4-10/h2,5-8,10,22H,3-4H2,1H3/b15-7-. The summed E-state index contributed by atoms with van der Waals surface area (Å²) in [5.41, 5.74) is 2.24. The van der Waals surface area contributed by atoms with Gasteiger partial charge >= 0.3 is 0 Å². The Kier molecular flexibility index (Phi) is 4.12. The number of benzene rings is 2. The van der Waals surface area contributed by atoms with E-state index in [0.717, 1.165) is 24.0 Å². The Morgan fingerprint density at radius 3 is 2.72 bits per heavy atom. The first kappa shape index (κ1) is 16.7. The first-order valence-electron chi connectivity index (χ1n) is 7.82. The Morgan fingerprint density at radius 2 is 2.04 bits per heavy atom. The summed E-state index contributed by atoms with van der Waals surface area (Å²) in [5.74, 6) is 1.84. The molecule has 6 heteroatoms. The average Bonchev–Trinajstić information content (AvgIpc) is 3.38. The van der Waals surface area contributed by atoms with Gasteiger partial charge in [0.1, 0.15) is 10.2 Å². The van der Waals surface area contributed by atoms with Crippen LogP contribution in [-0.2, 0) is 0 Å². The maximum Gasteiger partial charge on any atom is 0.232 e. The van der Waals surface area contributed by atoms with Gasteiger partial charge in [0.25, 0.3) is 0 Å². The first-order chi connectivity index (χ1) is 12.0. The fourth-order valence-corrected chi connectivity index (χ4v) is 4.48. The van der Waals surface area contributed by atoms with Gasteiger partial charge in [-0.05, 0) is 86.0 Å². The van der Waals surface area contributed by atoms with Gasteiger partial charge in [-0.25, -0.2) is 0 Å². The third kappa shape index (κ3) is 2.87. The van der Waals surface area contributed by atoms with Crippen molar-refractivity contribution in [3.05, 3.63) is 55.7 Å². The molecule has 1 aliphatic carbocycles. The second-order valence-corrected chi connectivity index (χ2v) is 7.76. The maximum atomic E-state index is 12.7. The van der Waals surface area contributed by atoms with Crippen LogP contribution in [0.4, 0.5) is 0 Å². The molecule has 0 aromatic heterocycles. The Labute approximate surface area is 161 Å². The Bertz CT molecular complexity index is 930. The summed E-state index contributed by atoms with van der Waals surface area (Å²) in [6, 6.07) is 7.07. The van der Waals surface area contributed by atoms with Gasteiger partial charge in [-0.1, -0.05) is 6.07 Å². The number of aromatic hydroxyl groups is 1. The van der Waals surface area contributed by atoms with E-state index in [2.05, 4.69) is 31.9 Å². The van der Waals surface area contributed by atoms with Crippen LogP contribution in [-0.4, -0.2) is 18.0 Å². The summed E-state index contributed by atoms with van der Waals surface area (Å²) in [6.45, 7) is 0. The Balaban J connectivity index is 1.73. The van der Waals surface area contributed by atoms with Crippen LogP contribution in [0.25, 0.3) is 6.08 Å². The van der Waals surface area contributed by atoms with E-state index >= 15 is 0 Å². The number of halogens is 2. The van der Waals surface area contributed by atoms with Gasteiger partial charge in [-0.15, -0.1) is 0 Å². The minimum atomic E-state index is -0.180. The number of hydrogen-bond donors (Lipinski definition) is 1. The minimum Gasteiger partial charge on any atom is -0.508 e. The summed E-state index contributed by atoms with van der Waals surface area (Å²) in [5, 5.41) is 9.98. The zero-order chi connectivity index (χ0) is 17.7. The molecule has 0 radical (unpaired) electrons. The van der Waals surface area contributed by atoms with Crippen LogP contribution in [0.2, 0.25) is 0 Å². The summed E-state index contributed by atoms with van der Waals surface area (Å²) in [6.07, 6.45) is 3.89. The van der Waals surface area contributed by atoms with E-state index in [9.17, 15) is 9.90 Å². The molecule has 1 N–H and O–H groups in total. The molecule has 25 heavy (non-hydrogen) atoms. The Hall–Kier alpha value is -1.79. The highest BCUT2D eigenvalue weighted by Gasteiger charge is 2.32. The molecule has 128 valence electrons. The smallest absolute Gasteiger partial charge is 0.232 e. The molecule has 2 aliphatic rings. The monoisotopic (exact) mass is 464 g/mol. The number of methoxy groups -OCH3 is 1. The Morgan fingerprint density at radius 1 is 1.28 bits per heavy atom. The molecule has 0 saturated heterocycles. The van der Waals surface area contributed by atoms with Crippen LogP contribution < -0.4 is 9.47 Å². The number of hydrogen-bond acceptors (Lipinski definition) is 4. The van der Waals surface area contributed by atoms with Crippen molar-refractivity contribution in [2.24, 2.45) is 0 Å². The van der Waals surface area contributed by atoms with E-state index in [4.69, 9.17) is 9.47 Å². The van der Waals surface area contributed by atoms with Gasteiger partial charge in [-0.3, -0.25) is 4.79 Å². The van der Waals surface area contributed by atoms with Crippen LogP contribution in [0.15, 0.2) is 39.0 Å². The topological polar surface area (TPSA) is 55.8 Å². The van der Waals surface area contributed by atoms with Gasteiger partial charge in [0.05, 0.1) is 17.1 Å². The van der Waals surface area contributed by atoms with Gasteiger partial charge in [-0.2, -0.15) is 0 Å². The first-order valence-corrected chi connectivity index (χ1v) is 9.41. The maximum absolute atomic E-state index is 12.7. The molecule has 0 amide bonds. The van der Waals surface area contributed by atoms with Gasteiger partial charge in [0.15, 0.2) is 17.3 Å². The van der Waals surface area contributed by atoms with E-state index < -0.39 is 0 Å². The van der Waals surface area contributed by atoms with E-state index in [1.54, 1.807) is 31.4 Å². The van der Waals surface area contributed by atoms with Crippen molar-refractivity contribution in [2.45, 2.75) is 18.8 Å². The lowest BCUT2D eigenvalue weighted by molar-refractivity contribution is 0.101. The number of ketones is 1. The van der Waals surface area contributed by atoms with Crippen molar-refractivity contribution in [3.8, 4) is 17.2 Å². The number of fused-ring (bicyclic) bond motifs is 1. The van der Waals surface area contributed by atoms with Crippen LogP contribution in [0, 0.1) is 0 Å². The molecule has 2 aromatic rings. The highest BCUT2D eigenvalue weighted by molar-refractivity contribution is 9.11. The number of ether oxygens (including phenoxy) is 2. The van der Waals surface area contributed by atoms with Crippen molar-refractivity contribution >= 4 is 43.7 Å². The number of phenols is 1. The molecule has 0 unspecified atom stereocenters. The number of Topliss-reactive ketones (excluding diaryl/α,β-unsaturated/α-hetero) is 1. The van der Waals surface area contributed by atoms with E-state index in [1.165, 1.54) is 0 Å². The highest BCUT2D eigenvalue weighted by atomic mass is 79.9. The lowest BCUT2D eigenvalue weighted by Gasteiger charge is -2.09. The molecular formula is C19H14Br2O4. The SMILES string of the molecule is COc1c(Br)cc2c(c1Br)O/C(=C\c1ccc(O)c(C3CC3)c1)C2=O. The van der Waals surface area contributed by atoms with Crippen molar-refractivity contribution in [3.63, 3.8) is 0 Å². The summed E-state index contributed by atoms with van der Waals surface area (Å²) in [7, 11) is 1.56. The zero-order valence-electron chi connectivity index (χ0n) is 13.3. The summed E-state index contributed by atoms with van der Waals surface area (Å²) in [4.78, 5) is 12.7. The highest BCUT2D eigenvalue weighted by Crippen LogP contribution is 2.47. The van der Waals surface area contributed by atoms with Crippen LogP contribution >= 0.6 is 31.9 Å². The normalized spacial score (nSPS) is 17.6. The van der Waals surface area contributed by atoms with Gasteiger partial charge < -0.3 is 14.6 Å². The van der Waals surface area contributed by atoms with E-state index in [-0.39, 0.29) is 11.5 Å². The quantitative estimate of drug-likeness (QED) is 0.615. The molecule has 4 nitrogen and oxygen atoms in total. The molecule has 1 heterocycles. The molecule has 0 spiro atoms. The number of carbonyl (C=O) groups excluding carboxylic acids is 1. The fraction of sp³-hybridized carbons (Fsp3) is 0.211. The van der Waals surface area contributed by atoms with E-state index in [1.807, 2.05) is 6.07 Å². The fourth-order valence-electron chi connectivity index (χ4n) is 2.96. The van der Waals surface area contributed by atoms with E-state index in [0.29, 0.717) is 37.7 Å². The predicted molar refractivity (Wildman–Crippen MR) is 101 cm³/mol. The van der Waals surface area contributed by atoms with Crippen molar-refractivity contribution in [1.82, 2.24) is 0 Å². The molecule has 1 fully saturated rings. The molecular weight excluding hydrogens is 452 g/mol. The van der Waals surface area contributed by atoms with Gasteiger partial charge in [0.2, 0.25) is 5.78 Å². The summed E-state index contributed by atoms with van der Waals surface area (Å²) < 4.78 is 12.4. The van der Waals surface area contributed by atoms with Crippen LogP contribution in [0.1, 0.15) is 40.2 Å². The lowest BCUT2D eigenvalue weighted by atomic mass is 10.0. The zero-order valence-corrected chi connectivity index (χ0v) is 16.5. The number of rotatable bonds is 3. The molecule has 4 rings (SSSR count).